The molecule has 0 saturated carbocycles. The fourth-order valence-corrected chi connectivity index (χ4v) is 7.07. The van der Waals surface area contributed by atoms with Crippen molar-refractivity contribution < 1.29 is 0 Å². The van der Waals surface area contributed by atoms with E-state index >= 15 is 0 Å². The molecule has 0 aliphatic heterocycles. The van der Waals surface area contributed by atoms with Crippen molar-refractivity contribution >= 4 is 43.1 Å². The van der Waals surface area contributed by atoms with E-state index in [0.29, 0.717) is 23.7 Å². The minimum atomic E-state index is 0.603. The van der Waals surface area contributed by atoms with E-state index in [-0.39, 0.29) is 0 Å². The van der Waals surface area contributed by atoms with Gasteiger partial charge in [0.15, 0.2) is 0 Å². The highest BCUT2D eigenvalue weighted by molar-refractivity contribution is 5.87. The molecule has 0 N–H and O–H groups in total. The summed E-state index contributed by atoms with van der Waals surface area (Å²) in [4.78, 5) is 0. The van der Waals surface area contributed by atoms with Crippen LogP contribution in [0.3, 0.4) is 0 Å². The Morgan fingerprint density at radius 1 is 0.228 bits per heavy atom. The van der Waals surface area contributed by atoms with E-state index in [1.165, 1.54) is 65.3 Å². The van der Waals surface area contributed by atoms with Crippen molar-refractivity contribution in [1.29, 1.82) is 0 Å². The van der Waals surface area contributed by atoms with E-state index in [9.17, 15) is 0 Å². The third kappa shape index (κ3) is 43.5. The maximum Gasteiger partial charge on any atom is -0.00134 e. The van der Waals surface area contributed by atoms with E-state index < -0.39 is 0 Å². The number of benzene rings is 8. The van der Waals surface area contributed by atoms with Gasteiger partial charge in [0.1, 0.15) is 0 Å². The van der Waals surface area contributed by atoms with Crippen molar-refractivity contribution in [2.75, 3.05) is 0 Å². The number of rotatable bonds is 4. The van der Waals surface area contributed by atoms with Crippen molar-refractivity contribution in [3.8, 4) is 219 Å². The average Bonchev–Trinajstić information content (AvgIpc) is 1.28. The first kappa shape index (κ1) is 85.3. The van der Waals surface area contributed by atoms with Crippen LogP contribution in [0.2, 0.25) is 0 Å². The largest absolute Gasteiger partial charge is 0.120 e. The predicted octanol–water partition coefficient (Wildman–Crippen LogP) is 19.4. The summed E-state index contributed by atoms with van der Waals surface area (Å²) in [6.07, 6.45) is 56.2. The summed E-state index contributed by atoms with van der Waals surface area (Å²) in [5, 5.41) is 10.8. The van der Waals surface area contributed by atoms with Gasteiger partial charge in [0, 0.05) is 0 Å². The molecule has 0 heteroatoms. The zero-order valence-electron chi connectivity index (χ0n) is 55.4. The van der Waals surface area contributed by atoms with Crippen molar-refractivity contribution in [2.24, 2.45) is 0 Å². The van der Waals surface area contributed by atoms with Gasteiger partial charge in [0.05, 0.1) is 0 Å². The Kier molecular flexibility index (Phi) is 56.6. The first-order valence-corrected chi connectivity index (χ1v) is 28.5. The van der Waals surface area contributed by atoms with E-state index in [2.05, 4.69) is 380 Å². The number of fused-ring (bicyclic) bond motifs is 4. The molecule has 0 aliphatic carbocycles. The van der Waals surface area contributed by atoms with Crippen LogP contribution in [0, 0.1) is 219 Å². The lowest BCUT2D eigenvalue weighted by Gasteiger charge is -2.08. The average molecular weight is 1190 g/mol. The van der Waals surface area contributed by atoms with Crippen LogP contribution in [-0.4, -0.2) is 0 Å². The van der Waals surface area contributed by atoms with Crippen molar-refractivity contribution in [1.82, 2.24) is 0 Å². The summed E-state index contributed by atoms with van der Waals surface area (Å²) in [5.41, 5.74) is 5.72. The standard InChI is InChI=1S/4C13H14.4C6H2.2C5H4.2C3H4/c2*1-10(2)12-9-5-7-11-6-3-4-8-13(11)12;2*1-10(2)12-8-7-11-5-3-4-6-13(11)9-12;4*1-3-5-6-4-2;2*1-3-5-4-2;2*1-3-2/h4*3-10H,1-2H3;4*1-2H;2*1H,2H3;2*1H,2H3. The molecule has 8 rings (SSSR count). The highest BCUT2D eigenvalue weighted by Crippen LogP contribution is 2.26. The first-order chi connectivity index (χ1) is 44.4. The van der Waals surface area contributed by atoms with Gasteiger partial charge in [-0.1, -0.05) is 237 Å². The maximum absolute atomic E-state index is 4.72. The van der Waals surface area contributed by atoms with Gasteiger partial charge in [-0.05, 0) is 235 Å². The second kappa shape index (κ2) is 61.0. The molecule has 0 radical (unpaired) electrons. The molecule has 0 fully saturated rings. The van der Waals surface area contributed by atoms with Crippen LogP contribution in [0.1, 0.15) is 129 Å². The molecule has 8 aromatic carbocycles. The van der Waals surface area contributed by atoms with Crippen LogP contribution in [0.5, 0.6) is 0 Å². The molecule has 0 bridgehead atoms. The fourth-order valence-electron chi connectivity index (χ4n) is 7.07. The lowest BCUT2D eigenvalue weighted by atomic mass is 9.96. The Bertz CT molecular complexity index is 3980. The zero-order chi connectivity index (χ0) is 70.0. The molecule has 0 atom stereocenters. The highest BCUT2D eigenvalue weighted by atomic mass is 14.1. The van der Waals surface area contributed by atoms with Crippen LogP contribution in [0.15, 0.2) is 170 Å². The molecule has 0 aliphatic rings. The van der Waals surface area contributed by atoms with Crippen LogP contribution >= 0.6 is 0 Å². The Labute approximate surface area is 557 Å². The van der Waals surface area contributed by atoms with Crippen LogP contribution in [0.4, 0.5) is 0 Å². The van der Waals surface area contributed by atoms with Crippen molar-refractivity contribution in [2.45, 2.75) is 107 Å². The van der Waals surface area contributed by atoms with Gasteiger partial charge < -0.3 is 0 Å². The van der Waals surface area contributed by atoms with Crippen LogP contribution in [0.25, 0.3) is 43.1 Å². The summed E-state index contributed by atoms with van der Waals surface area (Å²) in [7, 11) is 0. The van der Waals surface area contributed by atoms with Crippen molar-refractivity contribution in [3.63, 3.8) is 0 Å². The minimum Gasteiger partial charge on any atom is -0.120 e. The second-order valence-electron chi connectivity index (χ2n) is 18.7. The molecular weight excluding hydrogens is 1110 g/mol. The molecule has 0 amide bonds. The molecule has 92 heavy (non-hydrogen) atoms. The van der Waals surface area contributed by atoms with Crippen LogP contribution in [-0.2, 0) is 0 Å². The molecule has 0 spiro atoms. The molecule has 8 aromatic rings. The smallest absolute Gasteiger partial charge is 0.00134 e. The monoisotopic (exact) mass is 1180 g/mol. The third-order valence-electron chi connectivity index (χ3n) is 11.0. The van der Waals surface area contributed by atoms with Gasteiger partial charge >= 0.3 is 0 Å². The Morgan fingerprint density at radius 3 is 0.652 bits per heavy atom. The predicted molar refractivity (Wildman–Crippen MR) is 407 cm³/mol. The van der Waals surface area contributed by atoms with Gasteiger partial charge in [-0.3, -0.25) is 0 Å². The minimum absolute atomic E-state index is 0.603. The van der Waals surface area contributed by atoms with Gasteiger partial charge in [0.2, 0.25) is 0 Å². The summed E-state index contributed by atoms with van der Waals surface area (Å²) in [6.45, 7) is 24.6. The molecular formula is C92H80. The second-order valence-corrected chi connectivity index (χ2v) is 18.7. The summed E-state index contributed by atoms with van der Waals surface area (Å²) >= 11 is 0. The molecule has 0 heterocycles. The molecule has 0 unspecified atom stereocenters. The topological polar surface area (TPSA) is 0 Å². The van der Waals surface area contributed by atoms with E-state index in [0.717, 1.165) is 0 Å². The summed E-state index contributed by atoms with van der Waals surface area (Å²) < 4.78 is 0. The Balaban J connectivity index is -0.000000474. The highest BCUT2D eigenvalue weighted by Gasteiger charge is 2.05. The number of hydrogen-bond acceptors (Lipinski definition) is 0. The summed E-state index contributed by atoms with van der Waals surface area (Å²) in [6, 6.07) is 60.5. The molecule has 0 nitrogen and oxygen atoms in total. The van der Waals surface area contributed by atoms with Gasteiger partial charge in [-0.15, -0.1) is 88.9 Å². The fraction of sp³-hybridized carbons (Fsp3) is 0.174. The third-order valence-corrected chi connectivity index (χ3v) is 11.0. The van der Waals surface area contributed by atoms with Gasteiger partial charge in [-0.25, -0.2) is 0 Å². The lowest BCUT2D eigenvalue weighted by Crippen LogP contribution is -1.88. The van der Waals surface area contributed by atoms with E-state index in [1.807, 2.05) is 0 Å². The van der Waals surface area contributed by atoms with E-state index in [1.54, 1.807) is 27.7 Å². The number of terminal acetylenes is 12. The van der Waals surface area contributed by atoms with E-state index in [4.69, 9.17) is 64.2 Å². The number of hydrogen-bond donors (Lipinski definition) is 0. The summed E-state index contributed by atoms with van der Waals surface area (Å²) in [5.74, 6) is 55.5. The Morgan fingerprint density at radius 2 is 0.446 bits per heavy atom. The quantitative estimate of drug-likeness (QED) is 0.154. The van der Waals surface area contributed by atoms with Gasteiger partial charge in [0.25, 0.3) is 0 Å². The first-order valence-electron chi connectivity index (χ1n) is 28.5. The Hall–Kier alpha value is -13.1. The molecule has 0 saturated heterocycles. The maximum atomic E-state index is 4.72. The van der Waals surface area contributed by atoms with Crippen molar-refractivity contribution in [3.05, 3.63) is 192 Å². The molecule has 448 valence electrons. The molecule has 0 aromatic heterocycles. The zero-order valence-corrected chi connectivity index (χ0v) is 55.4. The lowest BCUT2D eigenvalue weighted by molar-refractivity contribution is 0.869. The normalized spacial score (nSPS) is 7.52. The van der Waals surface area contributed by atoms with Gasteiger partial charge in [-0.2, -0.15) is 0 Å². The van der Waals surface area contributed by atoms with Crippen LogP contribution < -0.4 is 0 Å². The SMILES string of the molecule is C#CC.C#CC.C#CC#CC.C#CC#CC.C#CC#CC#C.C#CC#CC#C.C#CC#CC#C.C#CC#CC#C.CC(C)c1ccc2ccccc2c1.CC(C)c1ccc2ccccc2c1.CC(C)c1cccc2ccccc12.CC(C)c1cccc2ccccc12.